The molecule has 0 fully saturated rings. The molecule has 0 amide bonds. The molecule has 0 spiro atoms. The molecule has 0 unspecified atom stereocenters. The lowest BCUT2D eigenvalue weighted by Crippen LogP contribution is -2.10. The van der Waals surface area contributed by atoms with Gasteiger partial charge in [0.25, 0.3) is 0 Å². The molecule has 0 saturated heterocycles. The Bertz CT molecular complexity index is 979. The number of hydrogen-bond acceptors (Lipinski definition) is 5. The van der Waals surface area contributed by atoms with Gasteiger partial charge in [-0.1, -0.05) is 23.9 Å². The van der Waals surface area contributed by atoms with Gasteiger partial charge in [0, 0.05) is 23.2 Å². The van der Waals surface area contributed by atoms with E-state index in [1.807, 2.05) is 22.9 Å². The highest BCUT2D eigenvalue weighted by Crippen LogP contribution is 2.32. The van der Waals surface area contributed by atoms with Crippen molar-refractivity contribution in [2.75, 3.05) is 5.75 Å². The van der Waals surface area contributed by atoms with Gasteiger partial charge in [0.05, 0.1) is 0 Å². The number of aryl methyl sites for hydroxylation is 2. The van der Waals surface area contributed by atoms with Crippen LogP contribution in [0.15, 0.2) is 22.1 Å². The van der Waals surface area contributed by atoms with Crippen molar-refractivity contribution in [2.24, 2.45) is 7.05 Å². The molecule has 1 aliphatic carbocycles. The van der Waals surface area contributed by atoms with Gasteiger partial charge in [-0.3, -0.25) is 4.79 Å². The minimum atomic E-state index is 0.171. The van der Waals surface area contributed by atoms with Crippen LogP contribution in [0, 0.1) is 0 Å². The zero-order valence-corrected chi connectivity index (χ0v) is 14.2. The Morgan fingerprint density at radius 1 is 1.41 bits per heavy atom. The van der Waals surface area contributed by atoms with Gasteiger partial charge in [-0.15, -0.1) is 21.5 Å². The maximum absolute atomic E-state index is 12.8. The standard InChI is InChI=1S/C15H16N4OS2/c1-8(2)7-21-15-17-16-14-18(3)11-12(20)9-5-4-6-10(9)22-13(11)19(14)15/h1,4-7H2,2-3H3. The fourth-order valence-corrected chi connectivity index (χ4v) is 5.18. The fraction of sp³-hybridized carbons (Fsp3) is 0.400. The molecule has 0 saturated carbocycles. The zero-order chi connectivity index (χ0) is 15.4. The predicted octanol–water partition coefficient (Wildman–Crippen LogP) is 2.80. The maximum atomic E-state index is 12.8. The smallest absolute Gasteiger partial charge is 0.237 e. The molecule has 7 heteroatoms. The molecular weight excluding hydrogens is 316 g/mol. The number of aromatic nitrogens is 4. The topological polar surface area (TPSA) is 52.2 Å². The summed E-state index contributed by atoms with van der Waals surface area (Å²) in [5.41, 5.74) is 3.03. The van der Waals surface area contributed by atoms with Gasteiger partial charge in [-0.25, -0.2) is 4.40 Å². The monoisotopic (exact) mass is 332 g/mol. The number of rotatable bonds is 3. The lowest BCUT2D eigenvalue weighted by atomic mass is 10.2. The SMILES string of the molecule is C=C(C)CSc1nnc2n(C)c3c(=O)c4c(sc3n12)CCC4. The van der Waals surface area contributed by atoms with Crippen LogP contribution in [0.2, 0.25) is 0 Å². The Balaban J connectivity index is 2.03. The van der Waals surface area contributed by atoms with E-state index >= 15 is 0 Å². The van der Waals surface area contributed by atoms with Crippen molar-refractivity contribution in [1.82, 2.24) is 19.2 Å². The van der Waals surface area contributed by atoms with Crippen molar-refractivity contribution >= 4 is 39.2 Å². The third-order valence-electron chi connectivity index (χ3n) is 3.98. The van der Waals surface area contributed by atoms with E-state index in [0.717, 1.165) is 57.4 Å². The van der Waals surface area contributed by atoms with E-state index < -0.39 is 0 Å². The normalized spacial score (nSPS) is 14.1. The van der Waals surface area contributed by atoms with E-state index in [1.54, 1.807) is 23.1 Å². The Hall–Kier alpha value is -1.60. The average molecular weight is 332 g/mol. The molecule has 22 heavy (non-hydrogen) atoms. The van der Waals surface area contributed by atoms with Crippen molar-refractivity contribution in [3.8, 4) is 0 Å². The molecular formula is C15H16N4OS2. The summed E-state index contributed by atoms with van der Waals surface area (Å²) in [7, 11) is 1.90. The summed E-state index contributed by atoms with van der Waals surface area (Å²) in [5, 5.41) is 9.38. The minimum absolute atomic E-state index is 0.171. The predicted molar refractivity (Wildman–Crippen MR) is 91.2 cm³/mol. The molecule has 0 radical (unpaired) electrons. The first-order chi connectivity index (χ1) is 10.6. The van der Waals surface area contributed by atoms with Crippen molar-refractivity contribution in [2.45, 2.75) is 31.3 Å². The molecule has 0 bridgehead atoms. The second-order valence-electron chi connectivity index (χ2n) is 5.76. The highest BCUT2D eigenvalue weighted by Gasteiger charge is 2.24. The molecule has 3 aromatic heterocycles. The summed E-state index contributed by atoms with van der Waals surface area (Å²) in [6.07, 6.45) is 3.00. The molecule has 3 aromatic rings. The van der Waals surface area contributed by atoms with Crippen LogP contribution in [-0.4, -0.2) is 24.9 Å². The van der Waals surface area contributed by atoms with E-state index in [0.29, 0.717) is 0 Å². The fourth-order valence-electron chi connectivity index (χ4n) is 2.96. The summed E-state index contributed by atoms with van der Waals surface area (Å²) in [6, 6.07) is 0. The van der Waals surface area contributed by atoms with E-state index in [9.17, 15) is 4.79 Å². The molecule has 1 aliphatic rings. The van der Waals surface area contributed by atoms with Gasteiger partial charge in [-0.2, -0.15) is 0 Å². The number of fused-ring (bicyclic) bond motifs is 4. The maximum Gasteiger partial charge on any atom is 0.237 e. The first-order valence-electron chi connectivity index (χ1n) is 7.23. The van der Waals surface area contributed by atoms with Gasteiger partial charge < -0.3 is 4.57 Å². The highest BCUT2D eigenvalue weighted by molar-refractivity contribution is 7.99. The highest BCUT2D eigenvalue weighted by atomic mass is 32.2. The number of hydrogen-bond donors (Lipinski definition) is 0. The lowest BCUT2D eigenvalue weighted by molar-refractivity contribution is 0.910. The molecule has 114 valence electrons. The lowest BCUT2D eigenvalue weighted by Gasteiger charge is -2.01. The molecule has 0 aromatic carbocycles. The third-order valence-corrected chi connectivity index (χ3v) is 6.41. The van der Waals surface area contributed by atoms with Crippen LogP contribution in [0.4, 0.5) is 0 Å². The molecule has 5 nitrogen and oxygen atoms in total. The van der Waals surface area contributed by atoms with E-state index in [1.165, 1.54) is 4.88 Å². The number of thioether (sulfide) groups is 1. The zero-order valence-electron chi connectivity index (χ0n) is 12.5. The van der Waals surface area contributed by atoms with Crippen molar-refractivity contribution in [3.05, 3.63) is 32.8 Å². The Morgan fingerprint density at radius 3 is 3.00 bits per heavy atom. The molecule has 0 N–H and O–H groups in total. The number of imidazole rings is 1. The average Bonchev–Trinajstić information content (AvgIpc) is 3.15. The third kappa shape index (κ3) is 1.88. The van der Waals surface area contributed by atoms with Crippen LogP contribution in [0.5, 0.6) is 0 Å². The first kappa shape index (κ1) is 14.0. The van der Waals surface area contributed by atoms with Crippen LogP contribution in [0.3, 0.4) is 0 Å². The van der Waals surface area contributed by atoms with Crippen LogP contribution in [0.25, 0.3) is 16.1 Å². The summed E-state index contributed by atoms with van der Waals surface area (Å²) in [6.45, 7) is 5.93. The summed E-state index contributed by atoms with van der Waals surface area (Å²) in [5.74, 6) is 1.54. The molecule has 0 atom stereocenters. The van der Waals surface area contributed by atoms with Crippen LogP contribution < -0.4 is 5.43 Å². The molecule has 3 heterocycles. The Kier molecular flexibility index (Phi) is 3.16. The van der Waals surface area contributed by atoms with Crippen molar-refractivity contribution in [1.29, 1.82) is 0 Å². The second-order valence-corrected chi connectivity index (χ2v) is 7.79. The van der Waals surface area contributed by atoms with Crippen LogP contribution >= 0.6 is 23.1 Å². The second kappa shape index (κ2) is 4.96. The largest absolute Gasteiger partial charge is 0.307 e. The quantitative estimate of drug-likeness (QED) is 0.547. The number of nitrogens with zero attached hydrogens (tertiary/aromatic N) is 4. The van der Waals surface area contributed by atoms with Gasteiger partial charge in [0.15, 0.2) is 5.16 Å². The molecule has 0 aliphatic heterocycles. The van der Waals surface area contributed by atoms with Crippen molar-refractivity contribution in [3.63, 3.8) is 0 Å². The van der Waals surface area contributed by atoms with Crippen LogP contribution in [-0.2, 0) is 19.9 Å². The Labute approximate surface area is 135 Å². The van der Waals surface area contributed by atoms with Gasteiger partial charge in [-0.05, 0) is 26.2 Å². The Morgan fingerprint density at radius 2 is 2.23 bits per heavy atom. The summed E-state index contributed by atoms with van der Waals surface area (Å²) >= 11 is 3.33. The van der Waals surface area contributed by atoms with Gasteiger partial charge >= 0.3 is 0 Å². The minimum Gasteiger partial charge on any atom is -0.307 e. The van der Waals surface area contributed by atoms with Gasteiger partial charge in [0.2, 0.25) is 11.2 Å². The van der Waals surface area contributed by atoms with Crippen molar-refractivity contribution < 1.29 is 0 Å². The van der Waals surface area contributed by atoms with Gasteiger partial charge in [0.1, 0.15) is 10.3 Å². The van der Waals surface area contributed by atoms with E-state index in [2.05, 4.69) is 16.8 Å². The van der Waals surface area contributed by atoms with E-state index in [4.69, 9.17) is 0 Å². The first-order valence-corrected chi connectivity index (χ1v) is 9.03. The summed E-state index contributed by atoms with van der Waals surface area (Å²) in [4.78, 5) is 15.0. The summed E-state index contributed by atoms with van der Waals surface area (Å²) < 4.78 is 3.90. The van der Waals surface area contributed by atoms with E-state index in [-0.39, 0.29) is 5.43 Å². The van der Waals surface area contributed by atoms with Crippen LogP contribution in [0.1, 0.15) is 23.8 Å². The molecule has 4 rings (SSSR count).